The first-order valence-electron chi connectivity index (χ1n) is 7.98. The van der Waals surface area contributed by atoms with Crippen molar-refractivity contribution >= 4 is 11.7 Å². The van der Waals surface area contributed by atoms with Crippen molar-refractivity contribution in [1.29, 1.82) is 0 Å². The molecule has 0 radical (unpaired) electrons. The number of benzene rings is 2. The highest BCUT2D eigenvalue weighted by Gasteiger charge is 2.02. The first-order valence-corrected chi connectivity index (χ1v) is 7.98. The summed E-state index contributed by atoms with van der Waals surface area (Å²) in [5.41, 5.74) is 2.30. The van der Waals surface area contributed by atoms with E-state index in [0.29, 0.717) is 18.7 Å². The number of carboxylic acid groups (broad SMARTS) is 1. The Labute approximate surface area is 142 Å². The topological polar surface area (TPSA) is 61.8 Å². The van der Waals surface area contributed by atoms with E-state index in [1.807, 2.05) is 50.5 Å². The van der Waals surface area contributed by atoms with Crippen LogP contribution >= 0.6 is 0 Å². The molecule has 0 aromatic heterocycles. The van der Waals surface area contributed by atoms with Crippen LogP contribution in [0.25, 0.3) is 0 Å². The Morgan fingerprint density at radius 1 is 1.17 bits per heavy atom. The molecular weight excluding hydrogens is 304 g/mol. The second-order valence-corrected chi connectivity index (χ2v) is 5.89. The average Bonchev–Trinajstić information content (AvgIpc) is 2.57. The summed E-state index contributed by atoms with van der Waals surface area (Å²) >= 11 is 0. The Balaban J connectivity index is 1.84. The van der Waals surface area contributed by atoms with Crippen molar-refractivity contribution in [3.63, 3.8) is 0 Å². The Bertz CT molecular complexity index is 654. The van der Waals surface area contributed by atoms with Gasteiger partial charge in [0.1, 0.15) is 5.75 Å². The second kappa shape index (κ2) is 8.93. The van der Waals surface area contributed by atoms with Gasteiger partial charge in [-0.25, -0.2) is 4.79 Å². The van der Waals surface area contributed by atoms with Crippen molar-refractivity contribution in [3.05, 3.63) is 59.7 Å². The van der Waals surface area contributed by atoms with Crippen molar-refractivity contribution in [2.75, 3.05) is 32.6 Å². The van der Waals surface area contributed by atoms with Crippen LogP contribution in [0.1, 0.15) is 22.3 Å². The maximum atomic E-state index is 10.8. The van der Waals surface area contributed by atoms with Crippen LogP contribution in [-0.4, -0.2) is 43.2 Å². The zero-order valence-corrected chi connectivity index (χ0v) is 14.2. The molecular formula is C19H24N2O3. The number of ether oxygens (including phenoxy) is 1. The number of anilines is 1. The smallest absolute Gasteiger partial charge is 0.335 e. The zero-order chi connectivity index (χ0) is 17.4. The molecule has 0 heterocycles. The molecule has 128 valence electrons. The Hall–Kier alpha value is -2.53. The van der Waals surface area contributed by atoms with E-state index >= 15 is 0 Å². The molecule has 0 aliphatic heterocycles. The lowest BCUT2D eigenvalue weighted by Gasteiger charge is -2.12. The highest BCUT2D eigenvalue weighted by atomic mass is 16.5. The lowest BCUT2D eigenvalue weighted by molar-refractivity contribution is 0.0697. The molecule has 0 unspecified atom stereocenters. The first-order chi connectivity index (χ1) is 11.5. The van der Waals surface area contributed by atoms with E-state index in [4.69, 9.17) is 9.84 Å². The molecule has 0 spiro atoms. The van der Waals surface area contributed by atoms with Crippen LogP contribution < -0.4 is 10.1 Å². The molecule has 2 aromatic carbocycles. The van der Waals surface area contributed by atoms with Crippen LogP contribution in [0, 0.1) is 0 Å². The molecule has 0 saturated carbocycles. The van der Waals surface area contributed by atoms with E-state index in [2.05, 4.69) is 10.2 Å². The molecule has 5 heteroatoms. The van der Waals surface area contributed by atoms with Gasteiger partial charge in [0.2, 0.25) is 0 Å². The lowest BCUT2D eigenvalue weighted by atomic mass is 10.1. The summed E-state index contributed by atoms with van der Waals surface area (Å²) < 4.78 is 5.76. The van der Waals surface area contributed by atoms with Crippen LogP contribution in [0.3, 0.4) is 0 Å². The summed E-state index contributed by atoms with van der Waals surface area (Å²) in [6.45, 7) is 2.33. The Morgan fingerprint density at radius 3 is 2.58 bits per heavy atom. The monoisotopic (exact) mass is 328 g/mol. The standard InChI is InChI=1S/C19H24N2O3/c1-21(2)11-4-12-24-18-6-3-5-17(13-18)20-14-15-7-9-16(10-8-15)19(22)23/h3,5-10,13,20H,4,11-12,14H2,1-2H3,(H,22,23). The maximum absolute atomic E-state index is 10.8. The minimum Gasteiger partial charge on any atom is -0.493 e. The molecule has 0 aliphatic carbocycles. The number of carboxylic acids is 1. The SMILES string of the molecule is CN(C)CCCOc1cccc(NCc2ccc(C(=O)O)cc2)c1. The summed E-state index contributed by atoms with van der Waals surface area (Å²) in [5, 5.41) is 12.2. The number of hydrogen-bond acceptors (Lipinski definition) is 4. The third-order valence-electron chi connectivity index (χ3n) is 3.55. The van der Waals surface area contributed by atoms with Gasteiger partial charge >= 0.3 is 5.97 Å². The summed E-state index contributed by atoms with van der Waals surface area (Å²) in [6, 6.07) is 14.7. The number of rotatable bonds is 9. The van der Waals surface area contributed by atoms with Gasteiger partial charge in [-0.3, -0.25) is 0 Å². The number of aromatic carboxylic acids is 1. The lowest BCUT2D eigenvalue weighted by Crippen LogP contribution is -2.15. The van der Waals surface area contributed by atoms with Crippen molar-refractivity contribution in [3.8, 4) is 5.75 Å². The summed E-state index contributed by atoms with van der Waals surface area (Å²) in [6.07, 6.45) is 0.987. The summed E-state index contributed by atoms with van der Waals surface area (Å²) in [4.78, 5) is 13.0. The van der Waals surface area contributed by atoms with E-state index in [9.17, 15) is 4.79 Å². The molecule has 0 amide bonds. The molecule has 2 rings (SSSR count). The highest BCUT2D eigenvalue weighted by Crippen LogP contribution is 2.18. The Morgan fingerprint density at radius 2 is 1.92 bits per heavy atom. The third-order valence-corrected chi connectivity index (χ3v) is 3.55. The number of carbonyl (C=O) groups is 1. The van der Waals surface area contributed by atoms with E-state index in [1.165, 1.54) is 0 Å². The molecule has 5 nitrogen and oxygen atoms in total. The number of nitrogens with one attached hydrogen (secondary N) is 1. The normalized spacial score (nSPS) is 10.6. The van der Waals surface area contributed by atoms with E-state index < -0.39 is 5.97 Å². The molecule has 2 N–H and O–H groups in total. The van der Waals surface area contributed by atoms with Crippen molar-refractivity contribution in [2.45, 2.75) is 13.0 Å². The van der Waals surface area contributed by atoms with E-state index in [1.54, 1.807) is 12.1 Å². The minimum absolute atomic E-state index is 0.298. The van der Waals surface area contributed by atoms with Gasteiger partial charge in [0, 0.05) is 24.8 Å². The Kier molecular flexibility index (Phi) is 6.63. The second-order valence-electron chi connectivity index (χ2n) is 5.89. The quantitative estimate of drug-likeness (QED) is 0.691. The molecule has 0 bridgehead atoms. The van der Waals surface area contributed by atoms with Crippen molar-refractivity contribution in [1.82, 2.24) is 4.90 Å². The largest absolute Gasteiger partial charge is 0.493 e. The van der Waals surface area contributed by atoms with Crippen molar-refractivity contribution in [2.24, 2.45) is 0 Å². The third kappa shape index (κ3) is 5.93. The van der Waals surface area contributed by atoms with Gasteiger partial charge in [-0.05, 0) is 50.3 Å². The number of hydrogen-bond donors (Lipinski definition) is 2. The fourth-order valence-corrected chi connectivity index (χ4v) is 2.24. The van der Waals surface area contributed by atoms with Crippen LogP contribution in [0.5, 0.6) is 5.75 Å². The molecule has 0 atom stereocenters. The van der Waals surface area contributed by atoms with Gasteiger partial charge in [0.25, 0.3) is 0 Å². The zero-order valence-electron chi connectivity index (χ0n) is 14.2. The van der Waals surface area contributed by atoms with Crippen LogP contribution in [0.15, 0.2) is 48.5 Å². The van der Waals surface area contributed by atoms with Gasteiger partial charge < -0.3 is 20.1 Å². The van der Waals surface area contributed by atoms with Gasteiger partial charge in [-0.2, -0.15) is 0 Å². The van der Waals surface area contributed by atoms with Crippen LogP contribution in [-0.2, 0) is 6.54 Å². The average molecular weight is 328 g/mol. The summed E-state index contributed by atoms with van der Waals surface area (Å²) in [7, 11) is 4.10. The van der Waals surface area contributed by atoms with Crippen LogP contribution in [0.4, 0.5) is 5.69 Å². The van der Waals surface area contributed by atoms with Gasteiger partial charge in [0.15, 0.2) is 0 Å². The molecule has 24 heavy (non-hydrogen) atoms. The minimum atomic E-state index is -0.909. The highest BCUT2D eigenvalue weighted by molar-refractivity contribution is 5.87. The fourth-order valence-electron chi connectivity index (χ4n) is 2.24. The van der Waals surface area contributed by atoms with Gasteiger partial charge in [-0.15, -0.1) is 0 Å². The predicted molar refractivity (Wildman–Crippen MR) is 95.8 cm³/mol. The fraction of sp³-hybridized carbons (Fsp3) is 0.316. The molecule has 0 saturated heterocycles. The predicted octanol–water partition coefficient (Wildman–Crippen LogP) is 3.33. The molecule has 2 aromatic rings. The maximum Gasteiger partial charge on any atom is 0.335 e. The van der Waals surface area contributed by atoms with Crippen LogP contribution in [0.2, 0.25) is 0 Å². The first kappa shape index (κ1) is 17.8. The van der Waals surface area contributed by atoms with Crippen molar-refractivity contribution < 1.29 is 14.6 Å². The summed E-state index contributed by atoms with van der Waals surface area (Å²) in [5.74, 6) is -0.0615. The number of nitrogens with zero attached hydrogens (tertiary/aromatic N) is 1. The van der Waals surface area contributed by atoms with Gasteiger partial charge in [-0.1, -0.05) is 18.2 Å². The van der Waals surface area contributed by atoms with E-state index in [-0.39, 0.29) is 0 Å². The molecule has 0 fully saturated rings. The van der Waals surface area contributed by atoms with Gasteiger partial charge in [0.05, 0.1) is 12.2 Å². The van der Waals surface area contributed by atoms with E-state index in [0.717, 1.165) is 30.0 Å². The molecule has 0 aliphatic rings.